The molecule has 2 aromatic rings. The predicted octanol–water partition coefficient (Wildman–Crippen LogP) is 0.842. The fraction of sp³-hybridized carbons (Fsp3) is 0.400. The van der Waals surface area contributed by atoms with Crippen molar-refractivity contribution in [2.75, 3.05) is 13.2 Å². The van der Waals surface area contributed by atoms with Gasteiger partial charge in [-0.05, 0) is 31.0 Å². The summed E-state index contributed by atoms with van der Waals surface area (Å²) in [5.74, 6) is -0.364. The highest BCUT2D eigenvalue weighted by Gasteiger charge is 2.19. The molecule has 0 aliphatic carbocycles. The van der Waals surface area contributed by atoms with Crippen LogP contribution in [0.4, 0.5) is 0 Å². The molecule has 1 amide bonds. The van der Waals surface area contributed by atoms with E-state index >= 15 is 0 Å². The van der Waals surface area contributed by atoms with E-state index in [1.807, 2.05) is 6.07 Å². The van der Waals surface area contributed by atoms with Crippen molar-refractivity contribution in [2.24, 2.45) is 7.05 Å². The number of rotatable bonds is 3. The smallest absolute Gasteiger partial charge is 0.264 e. The first-order valence-corrected chi connectivity index (χ1v) is 7.01. The van der Waals surface area contributed by atoms with Gasteiger partial charge in [0.15, 0.2) is 0 Å². The van der Waals surface area contributed by atoms with Gasteiger partial charge in [0.05, 0.1) is 6.10 Å². The van der Waals surface area contributed by atoms with Gasteiger partial charge in [-0.3, -0.25) is 14.2 Å². The summed E-state index contributed by atoms with van der Waals surface area (Å²) in [6, 6.07) is 5.20. The Kier molecular flexibility index (Phi) is 3.70. The fourth-order valence-electron chi connectivity index (χ4n) is 2.57. The first-order valence-electron chi connectivity index (χ1n) is 7.01. The van der Waals surface area contributed by atoms with Crippen molar-refractivity contribution in [3.63, 3.8) is 0 Å². The number of carbonyl (C=O) groups is 1. The van der Waals surface area contributed by atoms with Crippen LogP contribution in [0.3, 0.4) is 0 Å². The molecule has 3 heterocycles. The van der Waals surface area contributed by atoms with E-state index in [0.29, 0.717) is 12.2 Å². The molecule has 1 atom stereocenters. The minimum absolute atomic E-state index is 0.0555. The van der Waals surface area contributed by atoms with Gasteiger partial charge >= 0.3 is 0 Å². The van der Waals surface area contributed by atoms with Crippen LogP contribution in [0.5, 0.6) is 0 Å². The normalized spacial score (nSPS) is 18.0. The van der Waals surface area contributed by atoms with Crippen molar-refractivity contribution >= 4 is 16.9 Å². The zero-order valence-electron chi connectivity index (χ0n) is 11.8. The zero-order chi connectivity index (χ0) is 14.8. The van der Waals surface area contributed by atoms with Gasteiger partial charge in [-0.2, -0.15) is 0 Å². The molecule has 1 aliphatic rings. The van der Waals surface area contributed by atoms with Crippen LogP contribution in [-0.4, -0.2) is 34.7 Å². The molecule has 0 aromatic carbocycles. The molecule has 0 bridgehead atoms. The van der Waals surface area contributed by atoms with E-state index in [1.165, 1.54) is 4.57 Å². The Morgan fingerprint density at radius 1 is 1.57 bits per heavy atom. The Bertz CT molecular complexity index is 733. The Hall–Kier alpha value is -2.21. The summed E-state index contributed by atoms with van der Waals surface area (Å²) in [5, 5.41) is 3.54. The van der Waals surface area contributed by atoms with Crippen molar-refractivity contribution in [1.29, 1.82) is 0 Å². The summed E-state index contributed by atoms with van der Waals surface area (Å²) in [4.78, 5) is 28.6. The van der Waals surface area contributed by atoms with E-state index in [1.54, 1.807) is 25.4 Å². The van der Waals surface area contributed by atoms with Crippen LogP contribution in [0.15, 0.2) is 29.2 Å². The summed E-state index contributed by atoms with van der Waals surface area (Å²) >= 11 is 0. The third-order valence-corrected chi connectivity index (χ3v) is 3.73. The highest BCUT2D eigenvalue weighted by molar-refractivity contribution is 5.96. The van der Waals surface area contributed by atoms with Crippen molar-refractivity contribution in [1.82, 2.24) is 14.9 Å². The summed E-state index contributed by atoms with van der Waals surface area (Å²) in [6.45, 7) is 1.18. The van der Waals surface area contributed by atoms with Gasteiger partial charge in [-0.1, -0.05) is 0 Å². The van der Waals surface area contributed by atoms with Gasteiger partial charge in [-0.25, -0.2) is 4.98 Å². The Morgan fingerprint density at radius 2 is 2.43 bits per heavy atom. The van der Waals surface area contributed by atoms with Crippen LogP contribution in [0, 0.1) is 0 Å². The second-order valence-electron chi connectivity index (χ2n) is 5.18. The zero-order valence-corrected chi connectivity index (χ0v) is 11.8. The summed E-state index contributed by atoms with van der Waals surface area (Å²) < 4.78 is 6.85. The van der Waals surface area contributed by atoms with Crippen molar-refractivity contribution in [2.45, 2.75) is 18.9 Å². The standard InChI is InChI=1S/C15H17N3O3/c1-18-13-10(4-2-6-16-13)8-12(15(18)20)14(19)17-9-11-5-3-7-21-11/h2,4,6,8,11H,3,5,7,9H2,1H3,(H,17,19)/t11-/m1/s1. The van der Waals surface area contributed by atoms with Crippen molar-refractivity contribution in [3.05, 3.63) is 40.3 Å². The van der Waals surface area contributed by atoms with Crippen LogP contribution in [0.1, 0.15) is 23.2 Å². The molecular weight excluding hydrogens is 270 g/mol. The molecular formula is C15H17N3O3. The van der Waals surface area contributed by atoms with E-state index in [2.05, 4.69) is 10.3 Å². The molecule has 0 spiro atoms. The molecule has 1 saturated heterocycles. The Balaban J connectivity index is 1.87. The van der Waals surface area contributed by atoms with Crippen molar-refractivity contribution < 1.29 is 9.53 Å². The van der Waals surface area contributed by atoms with E-state index in [9.17, 15) is 9.59 Å². The Labute approximate surface area is 121 Å². The highest BCUT2D eigenvalue weighted by Crippen LogP contribution is 2.12. The molecule has 21 heavy (non-hydrogen) atoms. The van der Waals surface area contributed by atoms with E-state index in [0.717, 1.165) is 24.8 Å². The summed E-state index contributed by atoms with van der Waals surface area (Å²) in [5.41, 5.74) is 0.361. The number of aryl methyl sites for hydroxylation is 1. The van der Waals surface area contributed by atoms with Crippen LogP contribution < -0.4 is 10.9 Å². The van der Waals surface area contributed by atoms with Crippen LogP contribution in [0.2, 0.25) is 0 Å². The maximum absolute atomic E-state index is 12.3. The van der Waals surface area contributed by atoms with E-state index in [-0.39, 0.29) is 23.1 Å². The average molecular weight is 287 g/mol. The maximum atomic E-state index is 12.3. The quantitative estimate of drug-likeness (QED) is 0.908. The van der Waals surface area contributed by atoms with E-state index < -0.39 is 0 Å². The second-order valence-corrected chi connectivity index (χ2v) is 5.18. The minimum Gasteiger partial charge on any atom is -0.376 e. The largest absolute Gasteiger partial charge is 0.376 e. The molecule has 1 fully saturated rings. The SMILES string of the molecule is Cn1c(=O)c(C(=O)NC[C@H]2CCCO2)cc2cccnc21. The molecule has 0 radical (unpaired) electrons. The number of nitrogens with one attached hydrogen (secondary N) is 1. The van der Waals surface area contributed by atoms with Crippen LogP contribution in [0.25, 0.3) is 11.0 Å². The Morgan fingerprint density at radius 3 is 3.19 bits per heavy atom. The number of aromatic nitrogens is 2. The molecule has 1 N–H and O–H groups in total. The van der Waals surface area contributed by atoms with Crippen LogP contribution >= 0.6 is 0 Å². The first-order chi connectivity index (χ1) is 10.2. The molecule has 0 unspecified atom stereocenters. The molecule has 3 rings (SSSR count). The number of hydrogen-bond acceptors (Lipinski definition) is 4. The lowest BCUT2D eigenvalue weighted by atomic mass is 10.2. The van der Waals surface area contributed by atoms with E-state index in [4.69, 9.17) is 4.74 Å². The second kappa shape index (κ2) is 5.65. The van der Waals surface area contributed by atoms with Gasteiger partial charge < -0.3 is 10.1 Å². The lowest BCUT2D eigenvalue weighted by Gasteiger charge is -2.11. The molecule has 2 aromatic heterocycles. The number of fused-ring (bicyclic) bond motifs is 1. The lowest BCUT2D eigenvalue weighted by molar-refractivity contribution is 0.0856. The molecule has 1 aliphatic heterocycles. The van der Waals surface area contributed by atoms with Gasteiger partial charge in [0, 0.05) is 31.8 Å². The van der Waals surface area contributed by atoms with Crippen LogP contribution in [-0.2, 0) is 11.8 Å². The molecule has 6 heteroatoms. The maximum Gasteiger partial charge on any atom is 0.264 e. The number of pyridine rings is 2. The average Bonchev–Trinajstić information content (AvgIpc) is 3.02. The number of nitrogens with zero attached hydrogens (tertiary/aromatic N) is 2. The molecule has 0 saturated carbocycles. The molecule has 6 nitrogen and oxygen atoms in total. The third kappa shape index (κ3) is 2.67. The lowest BCUT2D eigenvalue weighted by Crippen LogP contribution is -2.36. The third-order valence-electron chi connectivity index (χ3n) is 3.73. The first kappa shape index (κ1) is 13.8. The fourth-order valence-corrected chi connectivity index (χ4v) is 2.57. The summed E-state index contributed by atoms with van der Waals surface area (Å²) in [6.07, 6.45) is 3.64. The molecule has 110 valence electrons. The summed E-state index contributed by atoms with van der Waals surface area (Å²) in [7, 11) is 1.62. The minimum atomic E-state index is -0.364. The predicted molar refractivity (Wildman–Crippen MR) is 78.3 cm³/mol. The highest BCUT2D eigenvalue weighted by atomic mass is 16.5. The van der Waals surface area contributed by atoms with Crippen molar-refractivity contribution in [3.8, 4) is 0 Å². The van der Waals surface area contributed by atoms with Gasteiger partial charge in [-0.15, -0.1) is 0 Å². The topological polar surface area (TPSA) is 73.2 Å². The number of ether oxygens (including phenoxy) is 1. The van der Waals surface area contributed by atoms with Gasteiger partial charge in [0.1, 0.15) is 11.2 Å². The van der Waals surface area contributed by atoms with Gasteiger partial charge in [0.2, 0.25) is 0 Å². The monoisotopic (exact) mass is 287 g/mol. The number of hydrogen-bond donors (Lipinski definition) is 1. The van der Waals surface area contributed by atoms with Gasteiger partial charge in [0.25, 0.3) is 11.5 Å². The number of carbonyl (C=O) groups excluding carboxylic acids is 1. The number of amides is 1.